The van der Waals surface area contributed by atoms with E-state index in [0.717, 1.165) is 43.8 Å². The number of ether oxygens (including phenoxy) is 2. The molecule has 190 valence electrons. The van der Waals surface area contributed by atoms with Gasteiger partial charge in [-0.1, -0.05) is 30.3 Å². The molecular weight excluding hydrogens is 478 g/mol. The fourth-order valence-corrected chi connectivity index (χ4v) is 5.00. The van der Waals surface area contributed by atoms with E-state index in [4.69, 9.17) is 4.74 Å². The quantitative estimate of drug-likeness (QED) is 0.563. The molecule has 4 rings (SSSR count). The Kier molecular flexibility index (Phi) is 6.76. The molecule has 1 spiro atoms. The van der Waals surface area contributed by atoms with E-state index in [2.05, 4.69) is 10.1 Å². The van der Waals surface area contributed by atoms with Crippen LogP contribution in [0.2, 0.25) is 0 Å². The molecule has 2 aromatic carbocycles. The highest BCUT2D eigenvalue weighted by Crippen LogP contribution is 2.50. The van der Waals surface area contributed by atoms with E-state index < -0.39 is 35.7 Å². The van der Waals surface area contributed by atoms with Crippen molar-refractivity contribution in [2.75, 3.05) is 25.1 Å². The first-order valence-electron chi connectivity index (χ1n) is 11.1. The van der Waals surface area contributed by atoms with Crippen molar-refractivity contribution >= 4 is 11.6 Å². The maximum atomic E-state index is 13.1. The Balaban J connectivity index is 1.69. The van der Waals surface area contributed by atoms with Crippen LogP contribution in [0.1, 0.15) is 42.3 Å². The molecule has 1 amide bonds. The molecule has 35 heavy (non-hydrogen) atoms. The van der Waals surface area contributed by atoms with Gasteiger partial charge in [-0.05, 0) is 49.6 Å². The van der Waals surface area contributed by atoms with Gasteiger partial charge >= 0.3 is 18.4 Å². The van der Waals surface area contributed by atoms with E-state index in [-0.39, 0.29) is 23.9 Å². The van der Waals surface area contributed by atoms with Crippen molar-refractivity contribution < 1.29 is 40.6 Å². The summed E-state index contributed by atoms with van der Waals surface area (Å²) in [4.78, 5) is 12.1. The van der Waals surface area contributed by atoms with Crippen LogP contribution in [-0.2, 0) is 9.53 Å². The number of carbonyl (C=O) groups excluding carboxylic acids is 1. The Hall–Kier alpha value is -2.79. The number of hydrogen-bond donors (Lipinski definition) is 1. The lowest BCUT2D eigenvalue weighted by molar-refractivity contribution is -0.275. The molecule has 1 N–H and O–H groups in total. The Morgan fingerprint density at radius 1 is 1.11 bits per heavy atom. The molecule has 5 nitrogen and oxygen atoms in total. The van der Waals surface area contributed by atoms with Crippen molar-refractivity contribution in [3.63, 3.8) is 0 Å². The molecule has 2 aliphatic rings. The zero-order valence-corrected chi connectivity index (χ0v) is 18.7. The Morgan fingerprint density at radius 3 is 2.49 bits per heavy atom. The Morgan fingerprint density at radius 2 is 1.83 bits per heavy atom. The smallest absolute Gasteiger partial charge is 0.405 e. The van der Waals surface area contributed by atoms with Crippen molar-refractivity contribution in [3.05, 3.63) is 59.7 Å². The topological polar surface area (TPSA) is 50.8 Å². The third-order valence-corrected chi connectivity index (χ3v) is 6.54. The van der Waals surface area contributed by atoms with Crippen molar-refractivity contribution in [2.45, 2.75) is 49.4 Å². The molecule has 0 bridgehead atoms. The van der Waals surface area contributed by atoms with E-state index in [1.165, 1.54) is 0 Å². The van der Waals surface area contributed by atoms with Crippen LogP contribution in [0, 0.1) is 0 Å². The van der Waals surface area contributed by atoms with E-state index in [0.29, 0.717) is 17.7 Å². The van der Waals surface area contributed by atoms with E-state index in [1.807, 2.05) is 30.3 Å². The zero-order chi connectivity index (χ0) is 25.4. The summed E-state index contributed by atoms with van der Waals surface area (Å²) in [6.45, 7) is 0.803. The summed E-state index contributed by atoms with van der Waals surface area (Å²) in [5.41, 5.74) is 0.114. The van der Waals surface area contributed by atoms with Gasteiger partial charge in [0.25, 0.3) is 0 Å². The van der Waals surface area contributed by atoms with Gasteiger partial charge in [0.2, 0.25) is 0 Å². The second kappa shape index (κ2) is 9.34. The molecular formula is C24H24F6N2O3. The number of nitrogens with one attached hydrogen (secondary N) is 1. The summed E-state index contributed by atoms with van der Waals surface area (Å²) in [7, 11) is 0.919. The first kappa shape index (κ1) is 25.3. The highest BCUT2D eigenvalue weighted by atomic mass is 19.4. The second-order valence-corrected chi connectivity index (χ2v) is 8.81. The summed E-state index contributed by atoms with van der Waals surface area (Å²) in [5.74, 6) is -3.25. The molecule has 2 aliphatic heterocycles. The van der Waals surface area contributed by atoms with Gasteiger partial charge < -0.3 is 19.7 Å². The standard InChI is InChI=1S/C24H24F6N2O3/c1-32(21(33)23(25,26)27)17-8-9-19(35-24(28,29)30)18(12-17)16-13-22(34-14-16)10-5-11-31-20(22)15-6-3-2-4-7-15/h2-4,6-9,12,16,20,31H,5,10-11,13-14H2,1H3/t16-,20+,22-/m1/s1. The molecule has 0 aliphatic carbocycles. The van der Waals surface area contributed by atoms with Crippen LogP contribution in [0.3, 0.4) is 0 Å². The molecule has 2 fully saturated rings. The van der Waals surface area contributed by atoms with Gasteiger partial charge in [0.1, 0.15) is 5.75 Å². The minimum atomic E-state index is -5.13. The number of carbonyl (C=O) groups is 1. The summed E-state index contributed by atoms with van der Waals surface area (Å²) in [6.07, 6.45) is -8.34. The second-order valence-electron chi connectivity index (χ2n) is 8.81. The average Bonchev–Trinajstić information content (AvgIpc) is 3.21. The summed E-state index contributed by atoms with van der Waals surface area (Å²) in [5, 5.41) is 3.44. The number of anilines is 1. The fraction of sp³-hybridized carbons (Fsp3) is 0.458. The van der Waals surface area contributed by atoms with E-state index in [1.54, 1.807) is 0 Å². The largest absolute Gasteiger partial charge is 0.573 e. The molecule has 2 aromatic rings. The first-order chi connectivity index (χ1) is 16.4. The van der Waals surface area contributed by atoms with Gasteiger partial charge in [-0.2, -0.15) is 13.2 Å². The predicted octanol–water partition coefficient (Wildman–Crippen LogP) is 5.48. The lowest BCUT2D eigenvalue weighted by Gasteiger charge is -2.41. The number of hydrogen-bond acceptors (Lipinski definition) is 4. The van der Waals surface area contributed by atoms with Crippen LogP contribution in [0.4, 0.5) is 32.0 Å². The monoisotopic (exact) mass is 502 g/mol. The number of amides is 1. The number of nitrogens with zero attached hydrogens (tertiary/aromatic N) is 1. The summed E-state index contributed by atoms with van der Waals surface area (Å²) in [6, 6.07) is 12.4. The van der Waals surface area contributed by atoms with Crippen molar-refractivity contribution in [1.29, 1.82) is 0 Å². The molecule has 0 aromatic heterocycles. The molecule has 0 saturated carbocycles. The van der Waals surface area contributed by atoms with Crippen LogP contribution in [0.5, 0.6) is 5.75 Å². The number of piperidine rings is 1. The minimum absolute atomic E-state index is 0.0379. The van der Waals surface area contributed by atoms with Crippen molar-refractivity contribution in [1.82, 2.24) is 5.32 Å². The van der Waals surface area contributed by atoms with Crippen molar-refractivity contribution in [3.8, 4) is 5.75 Å². The van der Waals surface area contributed by atoms with Crippen LogP contribution in [-0.4, -0.2) is 44.2 Å². The van der Waals surface area contributed by atoms with Crippen LogP contribution >= 0.6 is 0 Å². The van der Waals surface area contributed by atoms with Crippen LogP contribution in [0.25, 0.3) is 0 Å². The maximum Gasteiger partial charge on any atom is 0.573 e. The molecule has 11 heteroatoms. The molecule has 0 unspecified atom stereocenters. The normalized spacial score (nSPS) is 25.0. The Bertz CT molecular complexity index is 1060. The third kappa shape index (κ3) is 5.40. The zero-order valence-electron chi connectivity index (χ0n) is 18.7. The lowest BCUT2D eigenvalue weighted by Crippen LogP contribution is -2.48. The maximum absolute atomic E-state index is 13.1. The number of benzene rings is 2. The molecule has 0 radical (unpaired) electrons. The van der Waals surface area contributed by atoms with Gasteiger partial charge in [0.05, 0.1) is 18.2 Å². The number of rotatable bonds is 4. The van der Waals surface area contributed by atoms with Gasteiger partial charge in [-0.15, -0.1) is 13.2 Å². The van der Waals surface area contributed by atoms with Crippen LogP contribution in [0.15, 0.2) is 48.5 Å². The van der Waals surface area contributed by atoms with Crippen molar-refractivity contribution in [2.24, 2.45) is 0 Å². The Labute approximate surface area is 198 Å². The van der Waals surface area contributed by atoms with E-state index >= 15 is 0 Å². The summed E-state index contributed by atoms with van der Waals surface area (Å²) < 4.78 is 88.6. The van der Waals surface area contributed by atoms with Gasteiger partial charge in [0, 0.05) is 24.2 Å². The van der Waals surface area contributed by atoms with Gasteiger partial charge in [-0.3, -0.25) is 4.79 Å². The molecule has 2 heterocycles. The number of halogens is 6. The van der Waals surface area contributed by atoms with Gasteiger partial charge in [0.15, 0.2) is 0 Å². The molecule has 2 saturated heterocycles. The highest BCUT2D eigenvalue weighted by Gasteiger charge is 2.49. The predicted molar refractivity (Wildman–Crippen MR) is 115 cm³/mol. The fourth-order valence-electron chi connectivity index (χ4n) is 5.00. The summed E-state index contributed by atoms with van der Waals surface area (Å²) >= 11 is 0. The van der Waals surface area contributed by atoms with Gasteiger partial charge in [-0.25, -0.2) is 0 Å². The lowest BCUT2D eigenvalue weighted by atomic mass is 9.77. The SMILES string of the molecule is CN(C(=O)C(F)(F)F)c1ccc(OC(F)(F)F)c([C@H]2CO[C@]3(CCCN[C@H]3c3ccccc3)C2)c1. The molecule has 3 atom stereocenters. The minimum Gasteiger partial charge on any atom is -0.405 e. The first-order valence-corrected chi connectivity index (χ1v) is 11.1. The highest BCUT2D eigenvalue weighted by molar-refractivity contribution is 5.97. The van der Waals surface area contributed by atoms with Crippen LogP contribution < -0.4 is 15.0 Å². The van der Waals surface area contributed by atoms with E-state index in [9.17, 15) is 31.1 Å². The third-order valence-electron chi connectivity index (χ3n) is 6.54. The number of alkyl halides is 6. The average molecular weight is 502 g/mol.